The summed E-state index contributed by atoms with van der Waals surface area (Å²) in [6.45, 7) is 11.1. The van der Waals surface area contributed by atoms with E-state index in [0.717, 1.165) is 13.1 Å². The van der Waals surface area contributed by atoms with Crippen LogP contribution in [0, 0.1) is 17.7 Å². The summed E-state index contributed by atoms with van der Waals surface area (Å²) in [5.74, 6) is 0.242. The van der Waals surface area contributed by atoms with Crippen LogP contribution in [-0.4, -0.2) is 55.3 Å². The van der Waals surface area contributed by atoms with Crippen molar-refractivity contribution in [1.29, 1.82) is 0 Å². The molecule has 1 amide bonds. The molecule has 140 valence electrons. The topological polar surface area (TPSA) is 50.8 Å². The van der Waals surface area contributed by atoms with Gasteiger partial charge < -0.3 is 19.5 Å². The van der Waals surface area contributed by atoms with Crippen LogP contribution in [0.5, 0.6) is 0 Å². The van der Waals surface area contributed by atoms with Crippen LogP contribution >= 0.6 is 0 Å². The average molecular weight is 360 g/mol. The Bertz CT molecular complexity index is 711. The lowest BCUT2D eigenvalue weighted by atomic mass is 9.78. The second-order valence-electron chi connectivity index (χ2n) is 8.72. The zero-order chi connectivity index (χ0) is 18.7. The molecule has 3 aliphatic heterocycles. The molecule has 5 nitrogen and oxygen atoms in total. The summed E-state index contributed by atoms with van der Waals surface area (Å²) < 4.78 is 26.6. The van der Waals surface area contributed by atoms with E-state index in [2.05, 4.69) is 5.32 Å². The third-order valence-corrected chi connectivity index (χ3v) is 6.43. The van der Waals surface area contributed by atoms with Crippen LogP contribution in [0.15, 0.2) is 18.2 Å². The lowest BCUT2D eigenvalue weighted by molar-refractivity contribution is 0.00578. The Morgan fingerprint density at radius 2 is 1.73 bits per heavy atom. The van der Waals surface area contributed by atoms with Crippen molar-refractivity contribution in [3.8, 4) is 0 Å². The zero-order valence-corrected chi connectivity index (χ0v) is 15.8. The summed E-state index contributed by atoms with van der Waals surface area (Å²) in [4.78, 5) is 14.5. The first kappa shape index (κ1) is 18.0. The van der Waals surface area contributed by atoms with Gasteiger partial charge >= 0.3 is 7.12 Å². The van der Waals surface area contributed by atoms with Gasteiger partial charge in [-0.1, -0.05) is 6.07 Å². The highest BCUT2D eigenvalue weighted by Gasteiger charge is 2.51. The minimum atomic E-state index is -0.629. The second kappa shape index (κ2) is 6.04. The van der Waals surface area contributed by atoms with Gasteiger partial charge in [-0.3, -0.25) is 4.79 Å². The van der Waals surface area contributed by atoms with E-state index < -0.39 is 24.1 Å². The number of benzene rings is 1. The molecule has 1 aromatic rings. The Morgan fingerprint density at radius 1 is 1.15 bits per heavy atom. The van der Waals surface area contributed by atoms with E-state index in [1.165, 1.54) is 6.07 Å². The van der Waals surface area contributed by atoms with Crippen LogP contribution in [0.3, 0.4) is 0 Å². The van der Waals surface area contributed by atoms with Gasteiger partial charge in [-0.15, -0.1) is 0 Å². The number of hydrogen-bond donors (Lipinski definition) is 1. The molecule has 0 saturated carbocycles. The van der Waals surface area contributed by atoms with Gasteiger partial charge in [0.2, 0.25) is 0 Å². The molecule has 2 unspecified atom stereocenters. The van der Waals surface area contributed by atoms with Gasteiger partial charge in [-0.05, 0) is 57.1 Å². The third-order valence-electron chi connectivity index (χ3n) is 6.43. The maximum atomic E-state index is 14.7. The predicted molar refractivity (Wildman–Crippen MR) is 97.9 cm³/mol. The number of rotatable bonds is 2. The van der Waals surface area contributed by atoms with Crippen molar-refractivity contribution in [3.05, 3.63) is 29.6 Å². The van der Waals surface area contributed by atoms with E-state index in [0.29, 0.717) is 30.4 Å². The molecule has 1 N–H and O–H groups in total. The van der Waals surface area contributed by atoms with Crippen molar-refractivity contribution in [2.75, 3.05) is 26.2 Å². The van der Waals surface area contributed by atoms with Crippen molar-refractivity contribution >= 4 is 18.5 Å². The highest BCUT2D eigenvalue weighted by Crippen LogP contribution is 2.36. The van der Waals surface area contributed by atoms with Crippen LogP contribution in [0.4, 0.5) is 4.39 Å². The molecule has 3 saturated heterocycles. The van der Waals surface area contributed by atoms with Gasteiger partial charge in [0.05, 0.1) is 16.8 Å². The van der Waals surface area contributed by atoms with E-state index in [1.807, 2.05) is 27.7 Å². The number of nitrogens with zero attached hydrogens (tertiary/aromatic N) is 1. The monoisotopic (exact) mass is 360 g/mol. The molecule has 26 heavy (non-hydrogen) atoms. The molecule has 3 aliphatic rings. The first-order chi connectivity index (χ1) is 12.2. The SMILES string of the molecule is CC1(C)OB(c2ccc(C(=O)N3CC4CNCC4C3)c(F)c2)OC1(C)C. The first-order valence-electron chi connectivity index (χ1n) is 9.33. The molecule has 1 aromatic carbocycles. The number of amides is 1. The van der Waals surface area contributed by atoms with Gasteiger partial charge in [-0.2, -0.15) is 0 Å². The lowest BCUT2D eigenvalue weighted by Crippen LogP contribution is -2.41. The molecule has 0 bridgehead atoms. The second-order valence-corrected chi connectivity index (χ2v) is 8.72. The van der Waals surface area contributed by atoms with Crippen LogP contribution in [0.25, 0.3) is 0 Å². The summed E-state index contributed by atoms with van der Waals surface area (Å²) in [6.07, 6.45) is 0. The Kier molecular flexibility index (Phi) is 4.17. The van der Waals surface area contributed by atoms with Gasteiger partial charge in [0.25, 0.3) is 5.91 Å². The minimum absolute atomic E-state index is 0.123. The van der Waals surface area contributed by atoms with Crippen LogP contribution in [0.1, 0.15) is 38.1 Å². The number of carbonyl (C=O) groups is 1. The quantitative estimate of drug-likeness (QED) is 0.811. The maximum absolute atomic E-state index is 14.7. The summed E-state index contributed by atoms with van der Waals surface area (Å²) in [5, 5.41) is 3.35. The van der Waals surface area contributed by atoms with Crippen LogP contribution in [-0.2, 0) is 9.31 Å². The smallest absolute Gasteiger partial charge is 0.399 e. The van der Waals surface area contributed by atoms with E-state index in [-0.39, 0.29) is 11.5 Å². The van der Waals surface area contributed by atoms with E-state index in [1.54, 1.807) is 17.0 Å². The number of halogens is 1. The summed E-state index contributed by atoms with van der Waals surface area (Å²) in [7, 11) is -0.629. The molecule has 0 aromatic heterocycles. The molecule has 7 heteroatoms. The fourth-order valence-electron chi connectivity index (χ4n) is 4.02. The Balaban J connectivity index is 1.51. The third kappa shape index (κ3) is 2.86. The van der Waals surface area contributed by atoms with Gasteiger partial charge in [0.1, 0.15) is 5.82 Å². The number of carbonyl (C=O) groups excluding carboxylic acids is 1. The molecule has 0 radical (unpaired) electrons. The van der Waals surface area contributed by atoms with Crippen LogP contribution in [0.2, 0.25) is 0 Å². The van der Waals surface area contributed by atoms with Gasteiger partial charge in [0.15, 0.2) is 0 Å². The molecule has 0 aliphatic carbocycles. The molecular weight excluding hydrogens is 334 g/mol. The van der Waals surface area contributed by atoms with E-state index in [9.17, 15) is 9.18 Å². The van der Waals surface area contributed by atoms with Crippen molar-refractivity contribution in [1.82, 2.24) is 10.2 Å². The summed E-state index contributed by atoms with van der Waals surface area (Å²) >= 11 is 0. The van der Waals surface area contributed by atoms with Gasteiger partial charge in [-0.25, -0.2) is 4.39 Å². The highest BCUT2D eigenvalue weighted by molar-refractivity contribution is 6.62. The number of likely N-dealkylation sites (tertiary alicyclic amines) is 1. The molecule has 4 rings (SSSR count). The molecule has 2 atom stereocenters. The molecule has 0 spiro atoms. The maximum Gasteiger partial charge on any atom is 0.494 e. The average Bonchev–Trinajstić information content (AvgIpc) is 3.19. The fourth-order valence-corrected chi connectivity index (χ4v) is 4.02. The van der Waals surface area contributed by atoms with Crippen molar-refractivity contribution in [2.24, 2.45) is 11.8 Å². The summed E-state index contributed by atoms with van der Waals surface area (Å²) in [5.41, 5.74) is -0.244. The number of hydrogen-bond acceptors (Lipinski definition) is 4. The largest absolute Gasteiger partial charge is 0.494 e. The Hall–Kier alpha value is -1.44. The molecule has 3 heterocycles. The van der Waals surface area contributed by atoms with E-state index >= 15 is 0 Å². The van der Waals surface area contributed by atoms with Crippen molar-refractivity contribution in [2.45, 2.75) is 38.9 Å². The minimum Gasteiger partial charge on any atom is -0.399 e. The normalized spacial score (nSPS) is 29.3. The fraction of sp³-hybridized carbons (Fsp3) is 0.632. The zero-order valence-electron chi connectivity index (χ0n) is 15.8. The molecular formula is C19H26BFN2O3. The number of fused-ring (bicyclic) bond motifs is 1. The van der Waals surface area contributed by atoms with Crippen molar-refractivity contribution < 1.29 is 18.5 Å². The Labute approximate surface area is 154 Å². The van der Waals surface area contributed by atoms with Gasteiger partial charge in [0, 0.05) is 26.2 Å². The first-order valence-corrected chi connectivity index (χ1v) is 9.33. The predicted octanol–water partition coefficient (Wildman–Crippen LogP) is 1.42. The molecule has 3 fully saturated rings. The van der Waals surface area contributed by atoms with Crippen LogP contribution < -0.4 is 10.8 Å². The summed E-state index contributed by atoms with van der Waals surface area (Å²) in [6, 6.07) is 4.66. The highest BCUT2D eigenvalue weighted by atomic mass is 19.1. The number of nitrogens with one attached hydrogen (secondary N) is 1. The standard InChI is InChI=1S/C19H26BFN2O3/c1-18(2)19(3,4)26-20(25-18)14-5-6-15(16(21)7-14)17(24)23-10-12-8-22-9-13(12)11-23/h5-7,12-13,22H,8-11H2,1-4H3. The van der Waals surface area contributed by atoms with E-state index in [4.69, 9.17) is 9.31 Å². The lowest BCUT2D eigenvalue weighted by Gasteiger charge is -2.32. The Morgan fingerprint density at radius 3 is 2.27 bits per heavy atom. The van der Waals surface area contributed by atoms with Crippen molar-refractivity contribution in [3.63, 3.8) is 0 Å².